The Bertz CT molecular complexity index is 2110. The van der Waals surface area contributed by atoms with E-state index in [0.717, 1.165) is 0 Å². The van der Waals surface area contributed by atoms with E-state index in [4.69, 9.17) is 51.6 Å². The molecule has 0 aromatic carbocycles. The van der Waals surface area contributed by atoms with E-state index < -0.39 is 132 Å². The van der Waals surface area contributed by atoms with Gasteiger partial charge in [-0.15, -0.1) is 0 Å². The van der Waals surface area contributed by atoms with E-state index in [2.05, 4.69) is 75.1 Å². The summed E-state index contributed by atoms with van der Waals surface area (Å²) in [5, 5.41) is 38.7. The van der Waals surface area contributed by atoms with Gasteiger partial charge in [0.25, 0.3) is 0 Å². The Hall–Kier alpha value is -7.91. The molecule has 0 aliphatic rings. The van der Waals surface area contributed by atoms with Crippen LogP contribution >= 0.6 is 12.6 Å². The maximum Gasteiger partial charge on any atom is 0.326 e. The number of carbonyl (C=O) groups is 10. The summed E-state index contributed by atoms with van der Waals surface area (Å²) in [6, 6.07) is -12.3. The predicted molar refractivity (Wildman–Crippen MR) is 288 cm³/mol. The van der Waals surface area contributed by atoms with Crippen molar-refractivity contribution < 1.29 is 58.2 Å². The number of nitrogens with zero attached hydrogens (tertiary/aromatic N) is 4. The first-order chi connectivity index (χ1) is 36.0. The lowest BCUT2D eigenvalue weighted by Gasteiger charge is -2.28. The van der Waals surface area contributed by atoms with Gasteiger partial charge in [0.1, 0.15) is 48.3 Å². The number of hydrogen-bond donors (Lipinski definition) is 20. The molecular formula is C43H81N21O12S. The molecule has 0 saturated heterocycles. The van der Waals surface area contributed by atoms with Crippen LogP contribution in [0.25, 0.3) is 0 Å². The van der Waals surface area contributed by atoms with Crippen LogP contribution in [0.2, 0.25) is 0 Å². The highest BCUT2D eigenvalue weighted by molar-refractivity contribution is 7.80. The quantitative estimate of drug-likeness (QED) is 0.0118. The Kier molecular flexibility index (Phi) is 33.1. The molecule has 0 aromatic rings. The highest BCUT2D eigenvalue weighted by Gasteiger charge is 2.34. The minimum absolute atomic E-state index is 0.00828. The fourth-order valence-corrected chi connectivity index (χ4v) is 6.90. The van der Waals surface area contributed by atoms with Gasteiger partial charge in [0.15, 0.2) is 23.8 Å². The number of carbonyl (C=O) groups excluding carboxylic acids is 8. The minimum atomic E-state index is -1.59. The van der Waals surface area contributed by atoms with Crippen LogP contribution in [-0.2, 0) is 47.9 Å². The number of carboxylic acids is 2. The van der Waals surface area contributed by atoms with Crippen LogP contribution in [0, 0.1) is 5.92 Å². The van der Waals surface area contributed by atoms with Gasteiger partial charge in [0, 0.05) is 38.4 Å². The van der Waals surface area contributed by atoms with Crippen molar-refractivity contribution in [2.24, 2.45) is 77.5 Å². The Morgan fingerprint density at radius 3 is 1.13 bits per heavy atom. The Labute approximate surface area is 450 Å². The molecule has 77 heavy (non-hydrogen) atoms. The SMILES string of the molecule is CC(C)[C@H](NC(=O)[C@H](C)NC(=O)[C@@H](N)CCCN=C(N)N)C(=O)N[C@@H](CS)C(=O)N[C@@H](CCCN=C(N)N)C(=O)N[C@@H](CCCN=C(N)N)C(=O)N[C@@H](C)C(=O)N[C@@H](CCC(=O)O)C(=O)N[C@@H](CCCN=C(N)N)C(=O)O. The summed E-state index contributed by atoms with van der Waals surface area (Å²) in [6.45, 7) is 6.06. The number of aliphatic imine (C=N–C) groups is 4. The van der Waals surface area contributed by atoms with Gasteiger partial charge < -0.3 is 104 Å². The summed E-state index contributed by atoms with van der Waals surface area (Å²) in [6.07, 6.45) is -0.672. The Morgan fingerprint density at radius 1 is 0.416 bits per heavy atom. The zero-order chi connectivity index (χ0) is 58.9. The van der Waals surface area contributed by atoms with Crippen LogP contribution in [-0.4, -0.2) is 180 Å². The number of guanidine groups is 4. The molecule has 0 unspecified atom stereocenters. The summed E-state index contributed by atoms with van der Waals surface area (Å²) < 4.78 is 0. The van der Waals surface area contributed by atoms with Crippen molar-refractivity contribution >= 4 is 95.7 Å². The topological polar surface area (TPSA) is 591 Å². The van der Waals surface area contributed by atoms with Crippen molar-refractivity contribution in [3.8, 4) is 0 Å². The van der Waals surface area contributed by atoms with E-state index in [0.29, 0.717) is 6.42 Å². The van der Waals surface area contributed by atoms with E-state index >= 15 is 0 Å². The lowest BCUT2D eigenvalue weighted by molar-refractivity contribution is -0.143. The highest BCUT2D eigenvalue weighted by Crippen LogP contribution is 2.09. The van der Waals surface area contributed by atoms with Crippen molar-refractivity contribution in [1.82, 2.24) is 42.5 Å². The monoisotopic (exact) mass is 1120 g/mol. The first-order valence-electron chi connectivity index (χ1n) is 24.5. The second-order valence-corrected chi connectivity index (χ2v) is 18.2. The molecule has 0 aromatic heterocycles. The molecule has 34 heteroatoms. The molecule has 0 aliphatic heterocycles. The Morgan fingerprint density at radius 2 is 0.740 bits per heavy atom. The van der Waals surface area contributed by atoms with E-state index in [1.165, 1.54) is 13.8 Å². The average Bonchev–Trinajstić information content (AvgIpc) is 3.33. The molecule has 0 rings (SSSR count). The van der Waals surface area contributed by atoms with Crippen molar-refractivity contribution in [2.45, 2.75) is 146 Å². The lowest BCUT2D eigenvalue weighted by Crippen LogP contribution is -2.61. The van der Waals surface area contributed by atoms with E-state index in [1.54, 1.807) is 13.8 Å². The van der Waals surface area contributed by atoms with Crippen molar-refractivity contribution in [2.75, 3.05) is 31.9 Å². The van der Waals surface area contributed by atoms with E-state index in [9.17, 15) is 58.2 Å². The maximum atomic E-state index is 14.1. The van der Waals surface area contributed by atoms with Gasteiger partial charge in [-0.1, -0.05) is 13.8 Å². The van der Waals surface area contributed by atoms with Crippen molar-refractivity contribution in [3.63, 3.8) is 0 Å². The highest BCUT2D eigenvalue weighted by atomic mass is 32.1. The third kappa shape index (κ3) is 30.3. The molecule has 0 aliphatic carbocycles. The summed E-state index contributed by atoms with van der Waals surface area (Å²) in [5.74, 6) is -11.6. The molecule has 0 bridgehead atoms. The van der Waals surface area contributed by atoms with Gasteiger partial charge in [0.2, 0.25) is 47.3 Å². The van der Waals surface area contributed by atoms with Crippen LogP contribution in [0.5, 0.6) is 0 Å². The standard InChI is InChI=1S/C43H81N21O12S/c1-20(2)30(64-32(68)22(4)57-33(69)23(44)9-5-15-53-40(45)46)38(74)63-28(19-77)37(73)61-25(11-7-17-55-42(49)50)35(71)60-24(10-6-16-54-41(47)48)34(70)58-21(3)31(67)59-26(13-14-29(65)66)36(72)62-27(39(75)76)12-8-18-56-43(51)52/h20-28,30,77H,5-19,44H2,1-4H3,(H,57,69)(H,58,70)(H,59,67)(H,60,71)(H,61,73)(H,62,72)(H,63,74)(H,64,68)(H,65,66)(H,75,76)(H4,45,46,53)(H4,47,48,54)(H4,49,50,55)(H4,51,52,56)/t21-,22-,23-,24-,25-,26-,27-,28-,30-/m0/s1. The smallest absolute Gasteiger partial charge is 0.326 e. The molecule has 28 N–H and O–H groups in total. The number of amides is 8. The number of hydrogen-bond acceptors (Lipinski definition) is 16. The third-order valence-corrected chi connectivity index (χ3v) is 11.2. The molecule has 0 radical (unpaired) electrons. The van der Waals surface area contributed by atoms with Gasteiger partial charge in [-0.05, 0) is 77.6 Å². The number of carboxylic acid groups (broad SMARTS) is 2. The predicted octanol–water partition coefficient (Wildman–Crippen LogP) is -8.02. The molecule has 8 amide bonds. The van der Waals surface area contributed by atoms with Gasteiger partial charge >= 0.3 is 11.9 Å². The van der Waals surface area contributed by atoms with E-state index in [-0.39, 0.29) is 101 Å². The van der Waals surface area contributed by atoms with Crippen LogP contribution < -0.4 is 94.1 Å². The summed E-state index contributed by atoms with van der Waals surface area (Å²) in [5.41, 5.74) is 49.0. The largest absolute Gasteiger partial charge is 0.481 e. The minimum Gasteiger partial charge on any atom is -0.481 e. The summed E-state index contributed by atoms with van der Waals surface area (Å²) in [7, 11) is 0. The molecular weight excluding hydrogens is 1030 g/mol. The molecule has 0 saturated carbocycles. The fraction of sp³-hybridized carbons (Fsp3) is 0.674. The fourth-order valence-electron chi connectivity index (χ4n) is 6.64. The molecule has 0 fully saturated rings. The van der Waals surface area contributed by atoms with Crippen LogP contribution in [0.3, 0.4) is 0 Å². The molecule has 33 nitrogen and oxygen atoms in total. The second kappa shape index (κ2) is 36.9. The molecule has 436 valence electrons. The maximum absolute atomic E-state index is 14.1. The molecule has 0 heterocycles. The first kappa shape index (κ1) is 69.1. The van der Waals surface area contributed by atoms with Crippen LogP contribution in [0.4, 0.5) is 0 Å². The Balaban J connectivity index is 6.44. The van der Waals surface area contributed by atoms with Crippen molar-refractivity contribution in [1.29, 1.82) is 0 Å². The lowest BCUT2D eigenvalue weighted by atomic mass is 10.0. The number of thiol groups is 1. The van der Waals surface area contributed by atoms with E-state index in [1.807, 2.05) is 0 Å². The van der Waals surface area contributed by atoms with Gasteiger partial charge in [-0.2, -0.15) is 12.6 Å². The van der Waals surface area contributed by atoms with Crippen LogP contribution in [0.15, 0.2) is 20.0 Å². The first-order valence-corrected chi connectivity index (χ1v) is 25.1. The average molecular weight is 1120 g/mol. The number of rotatable bonds is 38. The number of nitrogens with two attached hydrogens (primary N) is 9. The van der Waals surface area contributed by atoms with Gasteiger partial charge in [0.05, 0.1) is 6.04 Å². The summed E-state index contributed by atoms with van der Waals surface area (Å²) >= 11 is 4.24. The van der Waals surface area contributed by atoms with Gasteiger partial charge in [-0.25, -0.2) is 4.79 Å². The second-order valence-electron chi connectivity index (χ2n) is 17.9. The number of aliphatic carboxylic acids is 2. The van der Waals surface area contributed by atoms with Gasteiger partial charge in [-0.3, -0.25) is 63.1 Å². The zero-order valence-electron chi connectivity index (χ0n) is 43.8. The normalized spacial score (nSPS) is 14.3. The number of nitrogens with one attached hydrogen (secondary N) is 8. The summed E-state index contributed by atoms with van der Waals surface area (Å²) in [4.78, 5) is 147. The third-order valence-electron chi connectivity index (χ3n) is 10.9. The zero-order valence-corrected chi connectivity index (χ0v) is 44.7. The van der Waals surface area contributed by atoms with Crippen LogP contribution in [0.1, 0.15) is 91.9 Å². The van der Waals surface area contributed by atoms with Crippen molar-refractivity contribution in [3.05, 3.63) is 0 Å². The molecule has 9 atom stereocenters. The molecule has 0 spiro atoms.